The zero-order chi connectivity index (χ0) is 44.0. The molecule has 0 aromatic heterocycles. The molecule has 12 nitrogen and oxygen atoms in total. The topological polar surface area (TPSA) is 153 Å². The number of esters is 3. The van der Waals surface area contributed by atoms with Crippen molar-refractivity contribution in [2.75, 3.05) is 20.8 Å². The van der Waals surface area contributed by atoms with Gasteiger partial charge in [-0.2, -0.15) is 0 Å². The van der Waals surface area contributed by atoms with Gasteiger partial charge < -0.3 is 38.0 Å². The number of aliphatic hydroxyl groups is 1. The fourth-order valence-corrected chi connectivity index (χ4v) is 13.9. The second-order valence-electron chi connectivity index (χ2n) is 18.0. The molecule has 0 radical (unpaired) electrons. The predicted molar refractivity (Wildman–Crippen MR) is 226 cm³/mol. The molecule has 3 fully saturated rings. The van der Waals surface area contributed by atoms with E-state index in [-0.39, 0.29) is 25.0 Å². The maximum atomic E-state index is 15.7. The Hall–Kier alpha value is -3.72. The number of carbonyl (C=O) groups excluding carboxylic acids is 4. The van der Waals surface area contributed by atoms with Gasteiger partial charge in [-0.25, -0.2) is 9.59 Å². The van der Waals surface area contributed by atoms with Crippen LogP contribution in [-0.2, 0) is 47.2 Å². The van der Waals surface area contributed by atoms with Crippen LogP contribution in [-0.4, -0.2) is 106 Å². The van der Waals surface area contributed by atoms with Crippen LogP contribution >= 0.6 is 0 Å². The maximum absolute atomic E-state index is 15.7. The molecular formula is C47H64O12Si. The molecule has 0 spiro atoms. The van der Waals surface area contributed by atoms with Gasteiger partial charge in [-0.15, -0.1) is 0 Å². The number of hydrogen-bond acceptors (Lipinski definition) is 12. The lowest BCUT2D eigenvalue weighted by Gasteiger charge is -2.67. The number of ketones is 1. The predicted octanol–water partition coefficient (Wildman–Crippen LogP) is 7.14. The highest BCUT2D eigenvalue weighted by molar-refractivity contribution is 6.73. The van der Waals surface area contributed by atoms with Crippen molar-refractivity contribution in [3.8, 4) is 0 Å². The normalized spacial score (nSPS) is 33.2. The van der Waals surface area contributed by atoms with Gasteiger partial charge in [0.15, 0.2) is 19.7 Å². The number of Topliss-reactive ketones (excluding diaryl/α,β-unsaturated/α-hetero) is 1. The van der Waals surface area contributed by atoms with E-state index in [1.54, 1.807) is 58.0 Å². The molecular weight excluding hydrogens is 785 g/mol. The van der Waals surface area contributed by atoms with E-state index in [4.69, 9.17) is 32.8 Å². The molecule has 0 amide bonds. The Bertz CT molecular complexity index is 1940. The smallest absolute Gasteiger partial charge is 0.338 e. The van der Waals surface area contributed by atoms with Crippen LogP contribution in [0, 0.1) is 16.7 Å². The van der Waals surface area contributed by atoms with Gasteiger partial charge >= 0.3 is 17.9 Å². The first kappa shape index (κ1) is 45.8. The van der Waals surface area contributed by atoms with Crippen LogP contribution in [0.1, 0.15) is 97.0 Å². The second-order valence-corrected chi connectivity index (χ2v) is 22.7. The molecule has 1 unspecified atom stereocenters. The second kappa shape index (κ2) is 17.2. The Labute approximate surface area is 355 Å². The SMILES string of the molecule is CC[Si](CC)(CC)O[C@@H](C(=O)OC1C[C@@]2(O)[C@@H](OC(=O)c3ccccc3)[C@@H]3[C@]4(OC(C)=O)CO[C@@H]4C[C@H](OC)[C@@]3(C)C(=O)[C@H](OC)C(=C1C)C2(C)C)[C@@H](C)c1ccccc1. The third kappa shape index (κ3) is 7.30. The van der Waals surface area contributed by atoms with Crippen molar-refractivity contribution in [2.24, 2.45) is 16.7 Å². The Balaban J connectivity index is 1.57. The van der Waals surface area contributed by atoms with E-state index < -0.39 is 103 Å². The Morgan fingerprint density at radius 2 is 1.52 bits per heavy atom. The average Bonchev–Trinajstić information content (AvgIpc) is 3.23. The van der Waals surface area contributed by atoms with Crippen LogP contribution in [0.2, 0.25) is 18.1 Å². The molecule has 1 N–H and O–H groups in total. The third-order valence-corrected chi connectivity index (χ3v) is 19.6. The summed E-state index contributed by atoms with van der Waals surface area (Å²) in [5.41, 5.74) is -4.49. The molecule has 2 aromatic rings. The van der Waals surface area contributed by atoms with Gasteiger partial charge in [0.25, 0.3) is 0 Å². The van der Waals surface area contributed by atoms with Gasteiger partial charge in [0.05, 0.1) is 29.6 Å². The summed E-state index contributed by atoms with van der Waals surface area (Å²) in [6.07, 6.45) is -6.57. The molecule has 1 aliphatic heterocycles. The molecule has 60 heavy (non-hydrogen) atoms. The summed E-state index contributed by atoms with van der Waals surface area (Å²) >= 11 is 0. The van der Waals surface area contributed by atoms with Gasteiger partial charge in [-0.05, 0) is 60.8 Å². The first-order chi connectivity index (χ1) is 28.4. The van der Waals surface area contributed by atoms with Crippen molar-refractivity contribution in [1.82, 2.24) is 0 Å². The van der Waals surface area contributed by atoms with Crippen LogP contribution in [0.5, 0.6) is 0 Å². The van der Waals surface area contributed by atoms with Crippen LogP contribution in [0.15, 0.2) is 71.8 Å². The number of rotatable bonds is 14. The van der Waals surface area contributed by atoms with Crippen LogP contribution in [0.25, 0.3) is 0 Å². The van der Waals surface area contributed by atoms with E-state index in [1.807, 2.05) is 37.3 Å². The fraction of sp³-hybridized carbons (Fsp3) is 0.617. The summed E-state index contributed by atoms with van der Waals surface area (Å²) in [7, 11) is 0.518. The van der Waals surface area contributed by atoms with E-state index in [0.717, 1.165) is 23.7 Å². The first-order valence-corrected chi connectivity index (χ1v) is 23.9. The first-order valence-electron chi connectivity index (χ1n) is 21.4. The van der Waals surface area contributed by atoms with Crippen molar-refractivity contribution < 1.29 is 57.1 Å². The van der Waals surface area contributed by atoms with Gasteiger partial charge in [0, 0.05) is 45.3 Å². The lowest BCUT2D eigenvalue weighted by molar-refractivity contribution is -0.347. The van der Waals surface area contributed by atoms with Gasteiger partial charge in [0.2, 0.25) is 0 Å². The summed E-state index contributed by atoms with van der Waals surface area (Å²) in [5.74, 6) is -4.02. The minimum Gasteiger partial charge on any atom is -0.456 e. The molecule has 2 saturated carbocycles. The minimum absolute atomic E-state index is 0.122. The molecule has 6 rings (SSSR count). The standard InChI is InChI=1S/C47H64O12Si/c1-12-60(13-2,14-3)59-37(28(4)31-21-17-15-18-22-31)43(51)56-33-26-47(52)41(57-42(50)32-23-19-16-20-24-32)39-45(9,40(49)38(54-11)36(29(33)5)44(47,7)8)34(53-10)25-35-46(39,27-55-35)58-30(6)48/h15-24,28,33-35,37-39,41,52H,12-14,25-27H2,1-11H3/t28-,33?,34-,35+,37+,38+,39-,41-,45+,46-,47+/m0/s1. The summed E-state index contributed by atoms with van der Waals surface area (Å²) in [4.78, 5) is 58.1. The summed E-state index contributed by atoms with van der Waals surface area (Å²) in [6, 6.07) is 20.5. The molecule has 1 saturated heterocycles. The lowest BCUT2D eigenvalue weighted by Crippen LogP contribution is -2.82. The minimum atomic E-state index is -2.40. The summed E-state index contributed by atoms with van der Waals surface area (Å²) in [6.45, 7) is 16.5. The molecule has 328 valence electrons. The van der Waals surface area contributed by atoms with Crippen LogP contribution in [0.4, 0.5) is 0 Å². The highest BCUT2D eigenvalue weighted by atomic mass is 28.4. The molecule has 3 aliphatic carbocycles. The van der Waals surface area contributed by atoms with Crippen LogP contribution < -0.4 is 0 Å². The monoisotopic (exact) mass is 848 g/mol. The summed E-state index contributed by atoms with van der Waals surface area (Å²) < 4.78 is 44.8. The molecule has 2 bridgehead atoms. The average molecular weight is 849 g/mol. The van der Waals surface area contributed by atoms with Crippen molar-refractivity contribution in [3.63, 3.8) is 0 Å². The third-order valence-electron chi connectivity index (χ3n) is 15.0. The van der Waals surface area contributed by atoms with Gasteiger partial charge in [0.1, 0.15) is 36.1 Å². The Kier molecular flexibility index (Phi) is 13.1. The van der Waals surface area contributed by atoms with Gasteiger partial charge in [-0.3, -0.25) is 9.59 Å². The number of benzene rings is 2. The quantitative estimate of drug-likeness (QED) is 0.0891. The van der Waals surface area contributed by atoms with E-state index in [9.17, 15) is 19.5 Å². The highest BCUT2D eigenvalue weighted by Gasteiger charge is 2.78. The van der Waals surface area contributed by atoms with Crippen molar-refractivity contribution >= 4 is 32.0 Å². The van der Waals surface area contributed by atoms with Crippen molar-refractivity contribution in [3.05, 3.63) is 82.9 Å². The number of fused-ring (bicyclic) bond motifs is 5. The van der Waals surface area contributed by atoms with Crippen LogP contribution in [0.3, 0.4) is 0 Å². The fourth-order valence-electron chi connectivity index (χ4n) is 11.0. The number of carbonyl (C=O) groups is 4. The molecule has 1 heterocycles. The van der Waals surface area contributed by atoms with E-state index in [1.165, 1.54) is 21.1 Å². The molecule has 4 aliphatic rings. The number of methoxy groups -OCH3 is 2. The molecule has 2 aromatic carbocycles. The molecule has 11 atom stereocenters. The van der Waals surface area contributed by atoms with Crippen molar-refractivity contribution in [1.29, 1.82) is 0 Å². The largest absolute Gasteiger partial charge is 0.456 e. The van der Waals surface area contributed by atoms with E-state index >= 15 is 4.79 Å². The zero-order valence-electron chi connectivity index (χ0n) is 37.1. The Morgan fingerprint density at radius 3 is 2.03 bits per heavy atom. The zero-order valence-corrected chi connectivity index (χ0v) is 38.1. The highest BCUT2D eigenvalue weighted by Crippen LogP contribution is 2.65. The lowest BCUT2D eigenvalue weighted by atomic mass is 9.44. The number of ether oxygens (including phenoxy) is 6. The van der Waals surface area contributed by atoms with E-state index in [0.29, 0.717) is 11.1 Å². The summed E-state index contributed by atoms with van der Waals surface area (Å²) in [5, 5.41) is 13.9. The number of hydrogen-bond donors (Lipinski definition) is 1. The maximum Gasteiger partial charge on any atom is 0.338 e. The van der Waals surface area contributed by atoms with Gasteiger partial charge in [-0.1, -0.05) is 90.1 Å². The van der Waals surface area contributed by atoms with E-state index in [2.05, 4.69) is 20.8 Å². The molecule has 13 heteroatoms. The Morgan fingerprint density at radius 1 is 0.917 bits per heavy atom. The van der Waals surface area contributed by atoms with Crippen molar-refractivity contribution in [2.45, 2.75) is 147 Å².